The molecule has 0 aliphatic heterocycles. The number of benzene rings is 2. The van der Waals surface area contributed by atoms with Crippen LogP contribution in [0.2, 0.25) is 5.02 Å². The van der Waals surface area contributed by atoms with Crippen molar-refractivity contribution in [2.24, 2.45) is 0 Å². The summed E-state index contributed by atoms with van der Waals surface area (Å²) in [6.07, 6.45) is 0. The lowest BCUT2D eigenvalue weighted by atomic mass is 10.1. The van der Waals surface area contributed by atoms with Gasteiger partial charge in [-0.3, -0.25) is 4.79 Å². The van der Waals surface area contributed by atoms with Crippen LogP contribution in [0.4, 0.5) is 4.39 Å². The first-order valence-electron chi connectivity index (χ1n) is 7.05. The van der Waals surface area contributed by atoms with E-state index in [1.165, 1.54) is 40.7 Å². The van der Waals surface area contributed by atoms with Crippen LogP contribution in [-0.2, 0) is 0 Å². The molecule has 0 radical (unpaired) electrons. The first kappa shape index (κ1) is 16.6. The third-order valence-electron chi connectivity index (χ3n) is 3.29. The lowest BCUT2D eigenvalue weighted by molar-refractivity contribution is 0.0994. The second kappa shape index (κ2) is 7.11. The van der Waals surface area contributed by atoms with E-state index < -0.39 is 5.25 Å². The van der Waals surface area contributed by atoms with Gasteiger partial charge in [-0.2, -0.15) is 4.68 Å². The molecule has 3 rings (SSSR count). The van der Waals surface area contributed by atoms with Gasteiger partial charge in [-0.05, 0) is 65.9 Å². The average Bonchev–Trinajstić information content (AvgIpc) is 3.03. The molecule has 0 N–H and O–H groups in total. The van der Waals surface area contributed by atoms with E-state index in [1.54, 1.807) is 31.2 Å². The minimum Gasteiger partial charge on any atom is -0.293 e. The smallest absolute Gasteiger partial charge is 0.214 e. The van der Waals surface area contributed by atoms with Crippen molar-refractivity contribution in [1.29, 1.82) is 0 Å². The van der Waals surface area contributed by atoms with Crippen molar-refractivity contribution >= 4 is 29.1 Å². The van der Waals surface area contributed by atoms with Crippen molar-refractivity contribution in [2.75, 3.05) is 0 Å². The maximum absolute atomic E-state index is 13.0. The fourth-order valence-corrected chi connectivity index (χ4v) is 3.07. The molecule has 1 heterocycles. The molecule has 0 bridgehead atoms. The van der Waals surface area contributed by atoms with E-state index in [0.717, 1.165) is 5.69 Å². The standard InChI is InChI=1S/C16H12ClFN4OS/c1-10(15(23)11-2-6-13(18)7-3-11)24-16-19-20-21-22(16)14-8-4-12(17)5-9-14/h2-10H,1H3. The van der Waals surface area contributed by atoms with Gasteiger partial charge in [0.25, 0.3) is 0 Å². The predicted octanol–water partition coefficient (Wildman–Crippen LogP) is 3.82. The summed E-state index contributed by atoms with van der Waals surface area (Å²) < 4.78 is 14.5. The molecule has 0 amide bonds. The molecule has 0 saturated heterocycles. The first-order valence-corrected chi connectivity index (χ1v) is 8.31. The molecule has 1 aromatic heterocycles. The monoisotopic (exact) mass is 362 g/mol. The van der Waals surface area contributed by atoms with Crippen molar-refractivity contribution in [3.05, 3.63) is 64.9 Å². The van der Waals surface area contributed by atoms with Gasteiger partial charge >= 0.3 is 0 Å². The van der Waals surface area contributed by atoms with Crippen LogP contribution in [0, 0.1) is 5.82 Å². The molecule has 0 saturated carbocycles. The summed E-state index contributed by atoms with van der Waals surface area (Å²) in [4.78, 5) is 12.4. The van der Waals surface area contributed by atoms with Crippen LogP contribution in [0.3, 0.4) is 0 Å². The van der Waals surface area contributed by atoms with Crippen LogP contribution in [0.1, 0.15) is 17.3 Å². The average molecular weight is 363 g/mol. The molecule has 0 aliphatic carbocycles. The molecule has 24 heavy (non-hydrogen) atoms. The number of nitrogens with zero attached hydrogens (tertiary/aromatic N) is 4. The topological polar surface area (TPSA) is 60.7 Å². The van der Waals surface area contributed by atoms with Crippen molar-refractivity contribution in [1.82, 2.24) is 20.2 Å². The number of rotatable bonds is 5. The summed E-state index contributed by atoms with van der Waals surface area (Å²) in [5.74, 6) is -0.496. The van der Waals surface area contributed by atoms with Gasteiger partial charge in [0.15, 0.2) is 5.78 Å². The van der Waals surface area contributed by atoms with E-state index >= 15 is 0 Å². The van der Waals surface area contributed by atoms with Crippen LogP contribution in [0.25, 0.3) is 5.69 Å². The Morgan fingerprint density at radius 2 is 1.83 bits per heavy atom. The van der Waals surface area contributed by atoms with E-state index in [0.29, 0.717) is 15.7 Å². The van der Waals surface area contributed by atoms with Crippen molar-refractivity contribution in [3.8, 4) is 5.69 Å². The quantitative estimate of drug-likeness (QED) is 0.510. The molecule has 3 aromatic rings. The molecular weight excluding hydrogens is 351 g/mol. The highest BCUT2D eigenvalue weighted by Gasteiger charge is 2.20. The van der Waals surface area contributed by atoms with Crippen molar-refractivity contribution in [2.45, 2.75) is 17.3 Å². The number of thioether (sulfide) groups is 1. The van der Waals surface area contributed by atoms with E-state index in [9.17, 15) is 9.18 Å². The molecule has 122 valence electrons. The Hall–Kier alpha value is -2.25. The Labute approximate surface area is 146 Å². The molecule has 5 nitrogen and oxygen atoms in total. The highest BCUT2D eigenvalue weighted by atomic mass is 35.5. The number of aromatic nitrogens is 4. The molecule has 0 aliphatic rings. The summed E-state index contributed by atoms with van der Waals surface area (Å²) in [5.41, 5.74) is 1.19. The van der Waals surface area contributed by atoms with Gasteiger partial charge in [-0.15, -0.1) is 5.10 Å². The third-order valence-corrected chi connectivity index (χ3v) is 4.58. The number of tetrazole rings is 1. The number of carbonyl (C=O) groups excluding carboxylic acids is 1. The Kier molecular flexibility index (Phi) is 4.92. The second-order valence-electron chi connectivity index (χ2n) is 4.98. The second-order valence-corrected chi connectivity index (χ2v) is 6.73. The first-order chi connectivity index (χ1) is 11.5. The van der Waals surface area contributed by atoms with E-state index in [2.05, 4.69) is 15.5 Å². The van der Waals surface area contributed by atoms with Gasteiger partial charge in [-0.25, -0.2) is 4.39 Å². The highest BCUT2D eigenvalue weighted by Crippen LogP contribution is 2.25. The zero-order valence-electron chi connectivity index (χ0n) is 12.6. The van der Waals surface area contributed by atoms with Crippen LogP contribution in [-0.4, -0.2) is 31.2 Å². The van der Waals surface area contributed by atoms with Crippen LogP contribution in [0.15, 0.2) is 53.7 Å². The highest BCUT2D eigenvalue weighted by molar-refractivity contribution is 8.00. The molecule has 2 aromatic carbocycles. The molecule has 1 unspecified atom stereocenters. The summed E-state index contributed by atoms with van der Waals surface area (Å²) in [6, 6.07) is 12.5. The Balaban J connectivity index is 1.79. The van der Waals surface area contributed by atoms with Crippen LogP contribution >= 0.6 is 23.4 Å². The molecule has 0 spiro atoms. The fraction of sp³-hybridized carbons (Fsp3) is 0.125. The van der Waals surface area contributed by atoms with Gasteiger partial charge in [0.1, 0.15) is 5.82 Å². The Morgan fingerprint density at radius 1 is 1.17 bits per heavy atom. The van der Waals surface area contributed by atoms with Gasteiger partial charge in [0.05, 0.1) is 10.9 Å². The SMILES string of the molecule is CC(Sc1nnnn1-c1ccc(Cl)cc1)C(=O)c1ccc(F)cc1. The van der Waals surface area contributed by atoms with Crippen LogP contribution in [0.5, 0.6) is 0 Å². The lowest BCUT2D eigenvalue weighted by Crippen LogP contribution is -2.14. The van der Waals surface area contributed by atoms with Gasteiger partial charge in [-0.1, -0.05) is 23.4 Å². The van der Waals surface area contributed by atoms with Gasteiger partial charge in [0.2, 0.25) is 5.16 Å². The number of hydrogen-bond acceptors (Lipinski definition) is 5. The van der Waals surface area contributed by atoms with Crippen LogP contribution < -0.4 is 0 Å². The van der Waals surface area contributed by atoms with E-state index in [1.807, 2.05) is 0 Å². The normalized spacial score (nSPS) is 12.1. The molecule has 1 atom stereocenters. The number of Topliss-reactive ketones (excluding diaryl/α,β-unsaturated/α-hetero) is 1. The number of ketones is 1. The number of hydrogen-bond donors (Lipinski definition) is 0. The minimum atomic E-state index is -0.424. The van der Waals surface area contributed by atoms with E-state index in [-0.39, 0.29) is 11.6 Å². The van der Waals surface area contributed by atoms with Gasteiger partial charge in [0, 0.05) is 10.6 Å². The van der Waals surface area contributed by atoms with E-state index in [4.69, 9.17) is 11.6 Å². The fourth-order valence-electron chi connectivity index (χ4n) is 2.06. The summed E-state index contributed by atoms with van der Waals surface area (Å²) >= 11 is 7.11. The molecule has 8 heteroatoms. The largest absolute Gasteiger partial charge is 0.293 e. The lowest BCUT2D eigenvalue weighted by Gasteiger charge is -2.10. The Bertz CT molecular complexity index is 851. The number of carbonyl (C=O) groups is 1. The maximum Gasteiger partial charge on any atom is 0.214 e. The zero-order valence-corrected chi connectivity index (χ0v) is 14.1. The third kappa shape index (κ3) is 3.63. The summed E-state index contributed by atoms with van der Waals surface area (Å²) in [7, 11) is 0. The van der Waals surface area contributed by atoms with Gasteiger partial charge < -0.3 is 0 Å². The van der Waals surface area contributed by atoms with Crippen molar-refractivity contribution in [3.63, 3.8) is 0 Å². The predicted molar refractivity (Wildman–Crippen MR) is 90.2 cm³/mol. The summed E-state index contributed by atoms with van der Waals surface area (Å²) in [6.45, 7) is 1.76. The maximum atomic E-state index is 13.0. The number of halogens is 2. The molecular formula is C16H12ClFN4OS. The minimum absolute atomic E-state index is 0.120. The van der Waals surface area contributed by atoms with Crippen molar-refractivity contribution < 1.29 is 9.18 Å². The molecule has 0 fully saturated rings. The Morgan fingerprint density at radius 3 is 2.50 bits per heavy atom. The summed E-state index contributed by atoms with van der Waals surface area (Å²) in [5, 5.41) is 12.2. The zero-order chi connectivity index (χ0) is 17.1.